The van der Waals surface area contributed by atoms with Gasteiger partial charge in [0.15, 0.2) is 0 Å². The summed E-state index contributed by atoms with van der Waals surface area (Å²) in [5.74, 6) is 0. The molecule has 0 spiro atoms. The fourth-order valence-electron chi connectivity index (χ4n) is 9.20. The van der Waals surface area contributed by atoms with Crippen molar-refractivity contribution >= 4 is 38.1 Å². The summed E-state index contributed by atoms with van der Waals surface area (Å²) in [6, 6.07) is 19.3. The van der Waals surface area contributed by atoms with E-state index < -0.39 is 0 Å². The van der Waals surface area contributed by atoms with Crippen LogP contribution < -0.4 is 0 Å². The van der Waals surface area contributed by atoms with Crippen LogP contribution in [0.5, 0.6) is 0 Å². The molecule has 4 heterocycles. The normalized spacial score (nSPS) is 16.6. The maximum atomic E-state index is 5.35. The minimum absolute atomic E-state index is 0.0264. The van der Waals surface area contributed by atoms with Crippen LogP contribution in [0.3, 0.4) is 0 Å². The van der Waals surface area contributed by atoms with Crippen LogP contribution >= 0.6 is 0 Å². The van der Waals surface area contributed by atoms with E-state index in [9.17, 15) is 0 Å². The summed E-state index contributed by atoms with van der Waals surface area (Å²) in [4.78, 5) is 10.7. The average molecular weight is 644 g/mol. The Bertz CT molecular complexity index is 2420. The Hall–Kier alpha value is -4.24. The van der Waals surface area contributed by atoms with Crippen LogP contribution in [0.25, 0.3) is 60.3 Å². The average Bonchev–Trinajstić information content (AvgIpc) is 3.67. The van der Waals surface area contributed by atoms with E-state index in [-0.39, 0.29) is 27.1 Å². The molecule has 2 aliphatic carbocycles. The molecule has 2 aliphatic rings. The number of pyridine rings is 2. The van der Waals surface area contributed by atoms with Crippen molar-refractivity contribution in [1.82, 2.24) is 14.4 Å². The van der Waals surface area contributed by atoms with Crippen molar-refractivity contribution in [1.29, 1.82) is 0 Å². The Kier molecular flexibility index (Phi) is 5.60. The molecule has 7 aromatic rings. The molecule has 0 bridgehead atoms. The number of rotatable bonds is 0. The monoisotopic (exact) mass is 643 g/mol. The highest BCUT2D eigenvalue weighted by Crippen LogP contribution is 2.57. The van der Waals surface area contributed by atoms with E-state index in [1.54, 1.807) is 0 Å². The molecule has 3 heteroatoms. The number of benzene rings is 3. The van der Waals surface area contributed by atoms with Gasteiger partial charge in [-0.15, -0.1) is 0 Å². The first-order chi connectivity index (χ1) is 22.7. The van der Waals surface area contributed by atoms with Gasteiger partial charge in [-0.2, -0.15) is 0 Å². The van der Waals surface area contributed by atoms with Gasteiger partial charge in [-0.05, 0) is 67.3 Å². The lowest BCUT2D eigenvalue weighted by Gasteiger charge is -2.23. The first kappa shape index (κ1) is 30.8. The van der Waals surface area contributed by atoms with Crippen LogP contribution in [-0.2, 0) is 27.1 Å². The van der Waals surface area contributed by atoms with Crippen LogP contribution in [0.15, 0.2) is 60.9 Å². The summed E-state index contributed by atoms with van der Waals surface area (Å²) < 4.78 is 2.50. The Morgan fingerprint density at radius 1 is 0.510 bits per heavy atom. The lowest BCUT2D eigenvalue weighted by Crippen LogP contribution is -2.17. The number of hydrogen-bond donors (Lipinski definition) is 0. The number of aromatic nitrogens is 3. The number of nitrogens with zero attached hydrogens (tertiary/aromatic N) is 3. The molecule has 3 nitrogen and oxygen atoms in total. The molecule has 0 aliphatic heterocycles. The molecule has 0 N–H and O–H groups in total. The summed E-state index contributed by atoms with van der Waals surface area (Å²) in [7, 11) is 0. The summed E-state index contributed by atoms with van der Waals surface area (Å²) in [6.07, 6.45) is 4.32. The van der Waals surface area contributed by atoms with E-state index in [1.807, 2.05) is 0 Å². The van der Waals surface area contributed by atoms with Gasteiger partial charge >= 0.3 is 0 Å². The maximum absolute atomic E-state index is 5.35. The zero-order chi connectivity index (χ0) is 35.0. The van der Waals surface area contributed by atoms with Crippen LogP contribution in [0.4, 0.5) is 0 Å². The van der Waals surface area contributed by atoms with Gasteiger partial charge in [-0.1, -0.05) is 126 Å². The van der Waals surface area contributed by atoms with Crippen molar-refractivity contribution in [3.05, 3.63) is 100 Å². The number of hydrogen-bond acceptors (Lipinski definition) is 2. The second-order valence-corrected chi connectivity index (χ2v) is 19.3. The predicted octanol–water partition coefficient (Wildman–Crippen LogP) is 12.1. The third-order valence-corrected chi connectivity index (χ3v) is 12.2. The zero-order valence-corrected chi connectivity index (χ0v) is 31.6. The van der Waals surface area contributed by atoms with Crippen molar-refractivity contribution in [2.24, 2.45) is 0 Å². The van der Waals surface area contributed by atoms with Crippen LogP contribution in [0, 0.1) is 0 Å². The van der Waals surface area contributed by atoms with Gasteiger partial charge in [-0.3, -0.25) is 9.97 Å². The van der Waals surface area contributed by atoms with Gasteiger partial charge in [-0.25, -0.2) is 0 Å². The Morgan fingerprint density at radius 3 is 1.27 bits per heavy atom. The molecule has 248 valence electrons. The number of fused-ring (bicyclic) bond motifs is 14. The molecule has 0 atom stereocenters. The highest BCUT2D eigenvalue weighted by Gasteiger charge is 2.42. The smallest absolute Gasteiger partial charge is 0.0732 e. The summed E-state index contributed by atoms with van der Waals surface area (Å²) >= 11 is 0. The van der Waals surface area contributed by atoms with E-state index in [2.05, 4.69) is 155 Å². The largest absolute Gasteiger partial charge is 0.305 e. The second kappa shape index (κ2) is 8.91. The minimum Gasteiger partial charge on any atom is -0.305 e. The van der Waals surface area contributed by atoms with E-state index in [0.717, 1.165) is 0 Å². The van der Waals surface area contributed by atoms with Gasteiger partial charge in [0.25, 0.3) is 0 Å². The van der Waals surface area contributed by atoms with E-state index in [4.69, 9.17) is 9.97 Å². The molecule has 49 heavy (non-hydrogen) atoms. The molecule has 0 fully saturated rings. The molecule has 4 aromatic heterocycles. The van der Waals surface area contributed by atoms with E-state index in [0.29, 0.717) is 0 Å². The second-order valence-electron chi connectivity index (χ2n) is 19.3. The third kappa shape index (κ3) is 3.80. The maximum Gasteiger partial charge on any atom is 0.0732 e. The fraction of sp³-hybridized carbons (Fsp3) is 0.391. The molecule has 0 saturated heterocycles. The first-order valence-electron chi connectivity index (χ1n) is 18.1. The fourth-order valence-corrected chi connectivity index (χ4v) is 9.20. The molecule has 0 unspecified atom stereocenters. The van der Waals surface area contributed by atoms with Crippen molar-refractivity contribution < 1.29 is 0 Å². The summed E-state index contributed by atoms with van der Waals surface area (Å²) in [5.41, 5.74) is 17.8. The molecule has 9 rings (SSSR count). The van der Waals surface area contributed by atoms with Gasteiger partial charge in [0.2, 0.25) is 0 Å². The minimum atomic E-state index is -0.182. The quantitative estimate of drug-likeness (QED) is 0.165. The molecule has 0 radical (unpaired) electrons. The van der Waals surface area contributed by atoms with Crippen LogP contribution in [-0.4, -0.2) is 14.4 Å². The Labute approximate surface area is 291 Å². The van der Waals surface area contributed by atoms with Crippen LogP contribution in [0.1, 0.15) is 129 Å². The lowest BCUT2D eigenvalue weighted by atomic mass is 9.81. The predicted molar refractivity (Wildman–Crippen MR) is 208 cm³/mol. The zero-order valence-electron chi connectivity index (χ0n) is 31.6. The molecule has 0 amide bonds. The molecule has 3 aromatic carbocycles. The van der Waals surface area contributed by atoms with Crippen molar-refractivity contribution in [2.45, 2.75) is 117 Å². The van der Waals surface area contributed by atoms with Gasteiger partial charge in [0.05, 0.1) is 40.3 Å². The Morgan fingerprint density at radius 2 is 0.898 bits per heavy atom. The summed E-state index contributed by atoms with van der Waals surface area (Å²) in [5, 5.41) is 5.30. The van der Waals surface area contributed by atoms with Gasteiger partial charge in [0, 0.05) is 43.5 Å². The van der Waals surface area contributed by atoms with Crippen molar-refractivity contribution in [2.75, 3.05) is 0 Å². The van der Waals surface area contributed by atoms with Gasteiger partial charge in [0.1, 0.15) is 0 Å². The van der Waals surface area contributed by atoms with Crippen molar-refractivity contribution in [3.8, 4) is 22.3 Å². The molecular weight excluding hydrogens is 595 g/mol. The van der Waals surface area contributed by atoms with Crippen molar-refractivity contribution in [3.63, 3.8) is 0 Å². The van der Waals surface area contributed by atoms with Crippen LogP contribution in [0.2, 0.25) is 0 Å². The summed E-state index contributed by atoms with van der Waals surface area (Å²) in [6.45, 7) is 30.3. The lowest BCUT2D eigenvalue weighted by molar-refractivity contribution is 0.588. The standard InChI is InChI=1S/C46H49N3/c1-42(2,3)24-14-16-31-27(18-24)37-35-29-20-26(44(7,8)9)21-30-36-34(49(39(29)30)33(35)22-47-40(37)45(31,10)11)23-48-41-38(36)28-19-25(43(4,5)6)15-17-32(28)46(41,12)13/h14-23H,1-13H3. The first-order valence-corrected chi connectivity index (χ1v) is 18.1. The molecule has 0 saturated carbocycles. The highest BCUT2D eigenvalue weighted by molar-refractivity contribution is 6.29. The van der Waals surface area contributed by atoms with Gasteiger partial charge < -0.3 is 4.40 Å². The Balaban J connectivity index is 1.49. The third-order valence-electron chi connectivity index (χ3n) is 12.2. The van der Waals surface area contributed by atoms with E-state index >= 15 is 0 Å². The molecular formula is C46H49N3. The SMILES string of the molecule is CC(C)(C)c1ccc2c(c1)-c1c(ncc3c1c1cc(C(C)(C)C)cc4c5c6c(ncc5n3c14)C(C)(C)c1ccc(C(C)(C)C)cc1-6)C2(C)C. The topological polar surface area (TPSA) is 30.2 Å². The van der Waals surface area contributed by atoms with E-state index in [1.165, 1.54) is 99.6 Å². The highest BCUT2D eigenvalue weighted by atomic mass is 14.9.